The van der Waals surface area contributed by atoms with E-state index in [4.69, 9.17) is 0 Å². The van der Waals surface area contributed by atoms with Gasteiger partial charge in [-0.25, -0.2) is 4.99 Å². The molecule has 0 N–H and O–H groups in total. The molecule has 0 unspecified atom stereocenters. The predicted molar refractivity (Wildman–Crippen MR) is 28.1 cm³/mol. The Morgan fingerprint density at radius 2 is 2.50 bits per heavy atom. The Morgan fingerprint density at radius 1 is 1.83 bits per heavy atom. The van der Waals surface area contributed by atoms with E-state index in [9.17, 15) is 0 Å². The molecule has 0 aromatic rings. The standard InChI is InChI=1S/C5H7N/c1-3-4-5-6-2/h3-4H,1H2,2H3. The lowest BCUT2D eigenvalue weighted by atomic mass is 10.6. The van der Waals surface area contributed by atoms with Gasteiger partial charge in [0.2, 0.25) is 0 Å². The molecule has 0 aromatic carbocycles. The lowest BCUT2D eigenvalue weighted by Crippen LogP contribution is -1.46. The fourth-order valence-corrected chi connectivity index (χ4v) is 0.127. The zero-order valence-corrected chi connectivity index (χ0v) is 3.81. The van der Waals surface area contributed by atoms with E-state index in [0.29, 0.717) is 0 Å². The molecule has 0 saturated heterocycles. The number of rotatable bonds is 1. The van der Waals surface area contributed by atoms with Crippen LogP contribution in [0.25, 0.3) is 0 Å². The molecule has 0 aromatic heterocycles. The van der Waals surface area contributed by atoms with E-state index in [1.54, 1.807) is 19.2 Å². The maximum atomic E-state index is 3.55. The third-order valence-corrected chi connectivity index (χ3v) is 0.321. The fraction of sp³-hybridized carbons (Fsp3) is 0.200. The summed E-state index contributed by atoms with van der Waals surface area (Å²) in [6.45, 7) is 3.42. The summed E-state index contributed by atoms with van der Waals surface area (Å²) in [5, 5.41) is 0. The number of aliphatic imine (C=N–C) groups is 1. The highest BCUT2D eigenvalue weighted by Crippen LogP contribution is 1.55. The zero-order valence-electron chi connectivity index (χ0n) is 3.81. The van der Waals surface area contributed by atoms with Crippen LogP contribution < -0.4 is 0 Å². The van der Waals surface area contributed by atoms with Gasteiger partial charge in [-0.15, -0.1) is 0 Å². The molecule has 0 amide bonds. The molecule has 0 aliphatic carbocycles. The molecule has 1 nitrogen and oxygen atoms in total. The van der Waals surface area contributed by atoms with Crippen molar-refractivity contribution in [2.24, 2.45) is 4.99 Å². The van der Waals surface area contributed by atoms with Crippen LogP contribution in [-0.4, -0.2) is 12.9 Å². The van der Waals surface area contributed by atoms with Gasteiger partial charge in [-0.3, -0.25) is 0 Å². The van der Waals surface area contributed by atoms with Crippen molar-refractivity contribution in [3.8, 4) is 0 Å². The molecule has 32 valence electrons. The van der Waals surface area contributed by atoms with E-state index in [1.165, 1.54) is 0 Å². The molecule has 0 aliphatic heterocycles. The van der Waals surface area contributed by atoms with Gasteiger partial charge in [-0.05, 0) is 11.9 Å². The van der Waals surface area contributed by atoms with Crippen LogP contribution in [-0.2, 0) is 0 Å². The highest BCUT2D eigenvalue weighted by Gasteiger charge is 1.42. The largest absolute Gasteiger partial charge is 0.246 e. The molecule has 0 spiro atoms. The van der Waals surface area contributed by atoms with Crippen molar-refractivity contribution >= 4 is 5.87 Å². The first-order valence-electron chi connectivity index (χ1n) is 1.70. The van der Waals surface area contributed by atoms with Crippen LogP contribution in [0.1, 0.15) is 0 Å². The maximum absolute atomic E-state index is 3.55. The van der Waals surface area contributed by atoms with Crippen LogP contribution in [0.5, 0.6) is 0 Å². The minimum atomic E-state index is 1.63. The van der Waals surface area contributed by atoms with Crippen LogP contribution in [0.2, 0.25) is 0 Å². The summed E-state index contributed by atoms with van der Waals surface area (Å²) < 4.78 is 0. The van der Waals surface area contributed by atoms with Crippen molar-refractivity contribution in [2.45, 2.75) is 0 Å². The Morgan fingerprint density at radius 3 is 2.67 bits per heavy atom. The lowest BCUT2D eigenvalue weighted by Gasteiger charge is -1.54. The Balaban J connectivity index is 3.46. The quantitative estimate of drug-likeness (QED) is 0.330. The van der Waals surface area contributed by atoms with E-state index in [0.717, 1.165) is 0 Å². The number of nitrogens with zero attached hydrogens (tertiary/aromatic N) is 1. The molecule has 0 saturated carbocycles. The van der Waals surface area contributed by atoms with E-state index in [-0.39, 0.29) is 0 Å². The summed E-state index contributed by atoms with van der Waals surface area (Å²) in [6, 6.07) is 0. The molecule has 6 heavy (non-hydrogen) atoms. The van der Waals surface area contributed by atoms with Crippen molar-refractivity contribution in [3.05, 3.63) is 18.7 Å². The molecule has 0 heterocycles. The van der Waals surface area contributed by atoms with E-state index in [1.807, 2.05) is 0 Å². The van der Waals surface area contributed by atoms with Gasteiger partial charge in [0.1, 0.15) is 0 Å². The molecule has 0 rings (SSSR count). The topological polar surface area (TPSA) is 12.4 Å². The number of allylic oxidation sites excluding steroid dienone is 2. The molecular weight excluding hydrogens is 74.1 g/mol. The van der Waals surface area contributed by atoms with Crippen molar-refractivity contribution in [1.82, 2.24) is 0 Å². The average molecular weight is 81.1 g/mol. The first-order chi connectivity index (χ1) is 2.91. The monoisotopic (exact) mass is 81.1 g/mol. The zero-order chi connectivity index (χ0) is 4.83. The van der Waals surface area contributed by atoms with Gasteiger partial charge in [0.25, 0.3) is 0 Å². The van der Waals surface area contributed by atoms with Gasteiger partial charge < -0.3 is 0 Å². The van der Waals surface area contributed by atoms with Crippen molar-refractivity contribution in [2.75, 3.05) is 7.05 Å². The summed E-state index contributed by atoms with van der Waals surface area (Å²) in [5.74, 6) is 2.58. The third kappa shape index (κ3) is 3.19. The lowest BCUT2D eigenvalue weighted by molar-refractivity contribution is 1.48. The summed E-state index contributed by atoms with van der Waals surface area (Å²) in [6.07, 6.45) is 3.28. The summed E-state index contributed by atoms with van der Waals surface area (Å²) in [7, 11) is 1.67. The second-order valence-corrected chi connectivity index (χ2v) is 0.755. The van der Waals surface area contributed by atoms with Gasteiger partial charge in [0.05, 0.1) is 0 Å². The van der Waals surface area contributed by atoms with Crippen LogP contribution >= 0.6 is 0 Å². The molecule has 0 aliphatic rings. The Bertz CT molecular complexity index is 86.1. The van der Waals surface area contributed by atoms with Gasteiger partial charge in [0.15, 0.2) is 0 Å². The first kappa shape index (κ1) is 5.19. The first-order valence-corrected chi connectivity index (χ1v) is 1.70. The van der Waals surface area contributed by atoms with E-state index in [2.05, 4.69) is 17.4 Å². The van der Waals surface area contributed by atoms with Crippen molar-refractivity contribution in [1.29, 1.82) is 0 Å². The van der Waals surface area contributed by atoms with E-state index >= 15 is 0 Å². The predicted octanol–water partition coefficient (Wildman–Crippen LogP) is 1.03. The molecule has 1 heteroatoms. The Hall–Kier alpha value is -0.810. The van der Waals surface area contributed by atoms with Gasteiger partial charge in [0, 0.05) is 7.05 Å². The average Bonchev–Trinajstić information content (AvgIpc) is 1.61. The number of hydrogen-bond donors (Lipinski definition) is 0. The fourth-order valence-electron chi connectivity index (χ4n) is 0.127. The minimum absolute atomic E-state index is 1.63. The second kappa shape index (κ2) is 4.19. The van der Waals surface area contributed by atoms with Crippen molar-refractivity contribution < 1.29 is 0 Å². The SMILES string of the molecule is C=CC=C=NC. The molecule has 0 atom stereocenters. The summed E-state index contributed by atoms with van der Waals surface area (Å²) in [4.78, 5) is 3.55. The minimum Gasteiger partial charge on any atom is -0.246 e. The van der Waals surface area contributed by atoms with Gasteiger partial charge >= 0.3 is 0 Å². The smallest absolute Gasteiger partial charge is 0.0372 e. The second-order valence-electron chi connectivity index (χ2n) is 0.755. The van der Waals surface area contributed by atoms with Crippen LogP contribution in [0.3, 0.4) is 0 Å². The summed E-state index contributed by atoms with van der Waals surface area (Å²) >= 11 is 0. The van der Waals surface area contributed by atoms with Crippen LogP contribution in [0.15, 0.2) is 23.7 Å². The third-order valence-electron chi connectivity index (χ3n) is 0.321. The van der Waals surface area contributed by atoms with Crippen molar-refractivity contribution in [3.63, 3.8) is 0 Å². The maximum Gasteiger partial charge on any atom is 0.0372 e. The molecule has 0 bridgehead atoms. The van der Waals surface area contributed by atoms with Crippen LogP contribution in [0, 0.1) is 0 Å². The molecular formula is C5H7N. The van der Waals surface area contributed by atoms with Gasteiger partial charge in [-0.2, -0.15) is 0 Å². The van der Waals surface area contributed by atoms with E-state index < -0.39 is 0 Å². The van der Waals surface area contributed by atoms with Crippen LogP contribution in [0.4, 0.5) is 0 Å². The molecule has 0 fully saturated rings. The molecule has 0 radical (unpaired) electrons. The Labute approximate surface area is 37.7 Å². The normalized spacial score (nSPS) is 5.50. The number of hydrogen-bond acceptors (Lipinski definition) is 1. The summed E-state index contributed by atoms with van der Waals surface area (Å²) in [5.41, 5.74) is 0. The van der Waals surface area contributed by atoms with Gasteiger partial charge in [-0.1, -0.05) is 12.7 Å². The highest BCUT2D eigenvalue weighted by atomic mass is 14.6. The highest BCUT2D eigenvalue weighted by molar-refractivity contribution is 5.53. The Kier molecular flexibility index (Phi) is 3.62.